The molecule has 4 rings (SSSR count). The molecule has 0 atom stereocenters. The van der Waals surface area contributed by atoms with Crippen molar-refractivity contribution in [2.45, 2.75) is 111 Å². The maximum Gasteiger partial charge on any atom is -0.00613 e. The first kappa shape index (κ1) is 31.7. The fourth-order valence-electron chi connectivity index (χ4n) is 4.68. The lowest BCUT2D eigenvalue weighted by Gasteiger charge is -2.22. The average molecular weight is 461 g/mol. The summed E-state index contributed by atoms with van der Waals surface area (Å²) in [5, 5.41) is 8.64. The highest BCUT2D eigenvalue weighted by atomic mass is 14.2. The fourth-order valence-corrected chi connectivity index (χ4v) is 4.68. The Labute approximate surface area is 211 Å². The zero-order chi connectivity index (χ0) is 26.9. The lowest BCUT2D eigenvalue weighted by atomic mass is 9.82. The highest BCUT2D eigenvalue weighted by Gasteiger charge is 2.19. The standard InChI is InChI=1S/C26H28.4C2H6/c1-13-9-11-21-17(5)20(8)26-24-16(4)14(2)10-12-22(24)18(6)19(7)25(26)23(21)15(13)3;4*1-2/h9-12H,1-8H3;4*1-2H3. The van der Waals surface area contributed by atoms with Crippen molar-refractivity contribution in [2.24, 2.45) is 0 Å². The molecule has 0 aliphatic rings. The predicted octanol–water partition coefficient (Wildman–Crippen LogP) is 11.7. The van der Waals surface area contributed by atoms with E-state index >= 15 is 0 Å². The van der Waals surface area contributed by atoms with Crippen molar-refractivity contribution in [2.75, 3.05) is 0 Å². The molecule has 34 heavy (non-hydrogen) atoms. The summed E-state index contributed by atoms with van der Waals surface area (Å²) in [6, 6.07) is 9.19. The highest BCUT2D eigenvalue weighted by molar-refractivity contribution is 6.23. The monoisotopic (exact) mass is 460 g/mol. The second kappa shape index (κ2) is 14.1. The summed E-state index contributed by atoms with van der Waals surface area (Å²) in [6.07, 6.45) is 0. The summed E-state index contributed by atoms with van der Waals surface area (Å²) in [5.41, 5.74) is 11.3. The first-order valence-corrected chi connectivity index (χ1v) is 13.6. The zero-order valence-electron chi connectivity index (χ0n) is 25.3. The van der Waals surface area contributed by atoms with E-state index in [0.717, 1.165) is 0 Å². The van der Waals surface area contributed by atoms with Gasteiger partial charge >= 0.3 is 0 Å². The van der Waals surface area contributed by atoms with E-state index in [1.165, 1.54) is 76.8 Å². The molecule has 4 aromatic rings. The lowest BCUT2D eigenvalue weighted by molar-refractivity contribution is 1.34. The molecule has 0 nitrogen and oxygen atoms in total. The molecule has 0 aliphatic carbocycles. The summed E-state index contributed by atoms with van der Waals surface area (Å²) in [6.45, 7) is 34.2. The maximum atomic E-state index is 2.32. The molecule has 0 saturated carbocycles. The van der Waals surface area contributed by atoms with Gasteiger partial charge in [-0.05, 0) is 132 Å². The minimum atomic E-state index is 1.38. The van der Waals surface area contributed by atoms with Crippen LogP contribution in [0.5, 0.6) is 0 Å². The minimum Gasteiger partial charge on any atom is -0.0683 e. The van der Waals surface area contributed by atoms with E-state index in [-0.39, 0.29) is 0 Å². The normalized spacial score (nSPS) is 9.76. The van der Waals surface area contributed by atoms with E-state index in [9.17, 15) is 0 Å². The quantitative estimate of drug-likeness (QED) is 0.229. The third kappa shape index (κ3) is 5.32. The Morgan fingerprint density at radius 2 is 0.559 bits per heavy atom. The Hall–Kier alpha value is -2.34. The summed E-state index contributed by atoms with van der Waals surface area (Å²) in [7, 11) is 0. The Bertz CT molecular complexity index is 1140. The third-order valence-electron chi connectivity index (χ3n) is 6.90. The molecule has 0 aromatic heterocycles. The Morgan fingerprint density at radius 1 is 0.294 bits per heavy atom. The van der Waals surface area contributed by atoms with Crippen LogP contribution in [0.1, 0.15) is 99.9 Å². The average Bonchev–Trinajstić information content (AvgIpc) is 2.88. The van der Waals surface area contributed by atoms with Gasteiger partial charge in [0.25, 0.3) is 0 Å². The molecular weight excluding hydrogens is 408 g/mol. The molecule has 0 radical (unpaired) electrons. The van der Waals surface area contributed by atoms with Gasteiger partial charge in [0.15, 0.2) is 0 Å². The molecule has 4 aromatic carbocycles. The largest absolute Gasteiger partial charge is 0.0683 e. The number of aryl methyl sites for hydroxylation is 8. The summed E-state index contributed by atoms with van der Waals surface area (Å²) in [5.74, 6) is 0. The summed E-state index contributed by atoms with van der Waals surface area (Å²) in [4.78, 5) is 0. The van der Waals surface area contributed by atoms with Crippen LogP contribution in [0.25, 0.3) is 32.3 Å². The predicted molar refractivity (Wildman–Crippen MR) is 162 cm³/mol. The molecular formula is C34H52. The Balaban J connectivity index is 0.00000124. The SMILES string of the molecule is CC.CC.CC.CC.Cc1ccc2c(C)c(C)c3c4c(C)c(C)ccc4c(C)c(C)c3c2c1C. The van der Waals surface area contributed by atoms with Crippen LogP contribution in [0.4, 0.5) is 0 Å². The van der Waals surface area contributed by atoms with Gasteiger partial charge in [-0.15, -0.1) is 0 Å². The number of hydrogen-bond acceptors (Lipinski definition) is 0. The van der Waals surface area contributed by atoms with Crippen molar-refractivity contribution in [1.82, 2.24) is 0 Å². The van der Waals surface area contributed by atoms with Crippen LogP contribution < -0.4 is 0 Å². The first-order valence-electron chi connectivity index (χ1n) is 13.6. The molecule has 0 bridgehead atoms. The number of hydrogen-bond donors (Lipinski definition) is 0. The van der Waals surface area contributed by atoms with Crippen LogP contribution >= 0.6 is 0 Å². The van der Waals surface area contributed by atoms with Crippen molar-refractivity contribution in [3.05, 3.63) is 68.8 Å². The van der Waals surface area contributed by atoms with E-state index in [2.05, 4.69) is 79.7 Å². The van der Waals surface area contributed by atoms with Crippen LogP contribution in [0.3, 0.4) is 0 Å². The van der Waals surface area contributed by atoms with Gasteiger partial charge in [-0.2, -0.15) is 0 Å². The molecule has 0 saturated heterocycles. The van der Waals surface area contributed by atoms with Crippen molar-refractivity contribution in [3.8, 4) is 0 Å². The Morgan fingerprint density at radius 3 is 0.824 bits per heavy atom. The highest BCUT2D eigenvalue weighted by Crippen LogP contribution is 2.43. The summed E-state index contributed by atoms with van der Waals surface area (Å²) >= 11 is 0. The maximum absolute atomic E-state index is 2.32. The molecule has 0 spiro atoms. The van der Waals surface area contributed by atoms with Gasteiger partial charge in [0.1, 0.15) is 0 Å². The molecule has 0 aliphatic heterocycles. The van der Waals surface area contributed by atoms with Crippen molar-refractivity contribution >= 4 is 32.3 Å². The van der Waals surface area contributed by atoms with Crippen LogP contribution in [0.15, 0.2) is 24.3 Å². The second-order valence-electron chi connectivity index (χ2n) is 8.11. The molecule has 0 fully saturated rings. The number of fused-ring (bicyclic) bond motifs is 5. The molecule has 0 N–H and O–H groups in total. The van der Waals surface area contributed by atoms with E-state index < -0.39 is 0 Å². The van der Waals surface area contributed by atoms with Crippen LogP contribution in [-0.4, -0.2) is 0 Å². The second-order valence-corrected chi connectivity index (χ2v) is 8.11. The van der Waals surface area contributed by atoms with E-state index in [1.54, 1.807) is 0 Å². The van der Waals surface area contributed by atoms with Gasteiger partial charge in [0.05, 0.1) is 0 Å². The van der Waals surface area contributed by atoms with E-state index in [1.807, 2.05) is 55.4 Å². The smallest absolute Gasteiger partial charge is 0.00613 e. The van der Waals surface area contributed by atoms with Crippen LogP contribution in [0.2, 0.25) is 0 Å². The van der Waals surface area contributed by atoms with Crippen LogP contribution in [-0.2, 0) is 0 Å². The molecule has 0 unspecified atom stereocenters. The molecule has 0 amide bonds. The van der Waals surface area contributed by atoms with Gasteiger partial charge in [0.2, 0.25) is 0 Å². The number of rotatable bonds is 0. The number of benzene rings is 4. The lowest BCUT2D eigenvalue weighted by Crippen LogP contribution is -1.99. The molecule has 0 heterocycles. The van der Waals surface area contributed by atoms with Gasteiger partial charge in [-0.3, -0.25) is 0 Å². The fraction of sp³-hybridized carbons (Fsp3) is 0.471. The van der Waals surface area contributed by atoms with Crippen molar-refractivity contribution < 1.29 is 0 Å². The van der Waals surface area contributed by atoms with E-state index in [4.69, 9.17) is 0 Å². The van der Waals surface area contributed by atoms with Gasteiger partial charge in [-0.1, -0.05) is 79.7 Å². The van der Waals surface area contributed by atoms with Gasteiger partial charge in [-0.25, -0.2) is 0 Å². The minimum absolute atomic E-state index is 1.38. The van der Waals surface area contributed by atoms with Gasteiger partial charge < -0.3 is 0 Å². The van der Waals surface area contributed by atoms with Crippen molar-refractivity contribution in [3.63, 3.8) is 0 Å². The summed E-state index contributed by atoms with van der Waals surface area (Å²) < 4.78 is 0. The van der Waals surface area contributed by atoms with Crippen molar-refractivity contribution in [1.29, 1.82) is 0 Å². The molecule has 0 heteroatoms. The third-order valence-corrected chi connectivity index (χ3v) is 6.90. The van der Waals surface area contributed by atoms with Crippen LogP contribution in [0, 0.1) is 55.4 Å². The Kier molecular flexibility index (Phi) is 13.2. The van der Waals surface area contributed by atoms with Gasteiger partial charge in [0, 0.05) is 0 Å². The molecule has 188 valence electrons. The topological polar surface area (TPSA) is 0 Å². The zero-order valence-corrected chi connectivity index (χ0v) is 25.3. The first-order chi connectivity index (χ1) is 16.3. The van der Waals surface area contributed by atoms with E-state index in [0.29, 0.717) is 0 Å².